The van der Waals surface area contributed by atoms with Crippen molar-refractivity contribution in [3.8, 4) is 16.9 Å². The van der Waals surface area contributed by atoms with Crippen LogP contribution in [0.2, 0.25) is 0 Å². The molecular formula is C31H29FN2O3. The van der Waals surface area contributed by atoms with Crippen LogP contribution in [0.3, 0.4) is 0 Å². The molecule has 1 aliphatic heterocycles. The van der Waals surface area contributed by atoms with E-state index in [2.05, 4.69) is 4.98 Å². The van der Waals surface area contributed by atoms with Gasteiger partial charge in [0.1, 0.15) is 11.6 Å². The van der Waals surface area contributed by atoms with Crippen molar-refractivity contribution in [2.24, 2.45) is 5.92 Å². The van der Waals surface area contributed by atoms with Gasteiger partial charge in [0.05, 0.1) is 25.5 Å². The van der Waals surface area contributed by atoms with Gasteiger partial charge in [0.2, 0.25) is 0 Å². The van der Waals surface area contributed by atoms with E-state index < -0.39 is 0 Å². The Morgan fingerprint density at radius 2 is 1.81 bits per heavy atom. The van der Waals surface area contributed by atoms with E-state index in [1.54, 1.807) is 23.2 Å². The van der Waals surface area contributed by atoms with E-state index in [1.165, 1.54) is 12.1 Å². The minimum atomic E-state index is -0.291. The van der Waals surface area contributed by atoms with Crippen molar-refractivity contribution >= 4 is 5.91 Å². The van der Waals surface area contributed by atoms with Gasteiger partial charge in [0.15, 0.2) is 0 Å². The first-order valence-corrected chi connectivity index (χ1v) is 12.5. The van der Waals surface area contributed by atoms with Crippen LogP contribution in [-0.4, -0.2) is 35.6 Å². The quantitative estimate of drug-likeness (QED) is 0.279. The average Bonchev–Trinajstić information content (AvgIpc) is 3.46. The summed E-state index contributed by atoms with van der Waals surface area (Å²) >= 11 is 0. The molecule has 5 nitrogen and oxygen atoms in total. The summed E-state index contributed by atoms with van der Waals surface area (Å²) in [5.41, 5.74) is 4.05. The van der Waals surface area contributed by atoms with Crippen molar-refractivity contribution in [2.45, 2.75) is 19.5 Å². The summed E-state index contributed by atoms with van der Waals surface area (Å²) in [5.74, 6) is 0.802. The number of amides is 1. The summed E-state index contributed by atoms with van der Waals surface area (Å²) in [6, 6.07) is 27.3. The van der Waals surface area contributed by atoms with Crippen molar-refractivity contribution < 1.29 is 18.7 Å². The first kappa shape index (κ1) is 24.7. The second kappa shape index (κ2) is 11.8. The van der Waals surface area contributed by atoms with Gasteiger partial charge in [-0.15, -0.1) is 0 Å². The SMILES string of the molecule is O=C(c1cccc(-c2ccc(F)cc2)c1)N(Cc1cccc(OCC2CCOC2)c1)Cc1ccccn1. The zero-order valence-corrected chi connectivity index (χ0v) is 20.6. The molecule has 0 bridgehead atoms. The topological polar surface area (TPSA) is 51.7 Å². The Labute approximate surface area is 216 Å². The third-order valence-corrected chi connectivity index (χ3v) is 6.43. The number of carbonyl (C=O) groups excluding carboxylic acids is 1. The smallest absolute Gasteiger partial charge is 0.254 e. The van der Waals surface area contributed by atoms with Gasteiger partial charge >= 0.3 is 0 Å². The molecule has 1 unspecified atom stereocenters. The second-order valence-electron chi connectivity index (χ2n) is 9.26. The summed E-state index contributed by atoms with van der Waals surface area (Å²) in [7, 11) is 0. The van der Waals surface area contributed by atoms with E-state index in [1.807, 2.05) is 66.7 Å². The molecule has 1 fully saturated rings. The fraction of sp³-hybridized carbons (Fsp3) is 0.226. The standard InChI is InChI=1S/C31H29FN2O3/c32-28-12-10-25(11-13-28)26-6-4-7-27(18-26)31(35)34(20-29-8-1-2-15-33-29)19-23-5-3-9-30(17-23)37-22-24-14-16-36-21-24/h1-13,15,17-18,24H,14,16,19-22H2. The highest BCUT2D eigenvalue weighted by Crippen LogP contribution is 2.24. The minimum Gasteiger partial charge on any atom is -0.493 e. The maximum atomic E-state index is 13.8. The first-order chi connectivity index (χ1) is 18.1. The molecule has 0 aliphatic carbocycles. The van der Waals surface area contributed by atoms with E-state index in [0.717, 1.165) is 47.8 Å². The molecule has 1 aliphatic rings. The normalized spacial score (nSPS) is 14.9. The number of pyridine rings is 1. The van der Waals surface area contributed by atoms with E-state index >= 15 is 0 Å². The van der Waals surface area contributed by atoms with Crippen LogP contribution in [0.5, 0.6) is 5.75 Å². The molecule has 37 heavy (non-hydrogen) atoms. The van der Waals surface area contributed by atoms with Crippen molar-refractivity contribution in [1.82, 2.24) is 9.88 Å². The number of nitrogens with zero attached hydrogens (tertiary/aromatic N) is 2. The van der Waals surface area contributed by atoms with Gasteiger partial charge in [-0.05, 0) is 71.6 Å². The zero-order valence-electron chi connectivity index (χ0n) is 20.6. The molecule has 4 aromatic rings. The number of halogens is 1. The van der Waals surface area contributed by atoms with Crippen LogP contribution in [-0.2, 0) is 17.8 Å². The molecule has 6 heteroatoms. The van der Waals surface area contributed by atoms with E-state index in [9.17, 15) is 9.18 Å². The monoisotopic (exact) mass is 496 g/mol. The lowest BCUT2D eigenvalue weighted by atomic mass is 10.0. The summed E-state index contributed by atoms with van der Waals surface area (Å²) in [4.78, 5) is 20.0. The van der Waals surface area contributed by atoms with Crippen LogP contribution >= 0.6 is 0 Å². The predicted molar refractivity (Wildman–Crippen MR) is 141 cm³/mol. The number of aromatic nitrogens is 1. The second-order valence-corrected chi connectivity index (χ2v) is 9.26. The average molecular weight is 497 g/mol. The van der Waals surface area contributed by atoms with E-state index in [-0.39, 0.29) is 11.7 Å². The number of rotatable bonds is 9. The van der Waals surface area contributed by atoms with Gasteiger partial charge in [-0.3, -0.25) is 9.78 Å². The molecule has 1 aromatic heterocycles. The lowest BCUT2D eigenvalue weighted by molar-refractivity contribution is 0.0727. The number of benzene rings is 3. The van der Waals surface area contributed by atoms with Crippen LogP contribution in [0.25, 0.3) is 11.1 Å². The van der Waals surface area contributed by atoms with Gasteiger partial charge in [0, 0.05) is 30.8 Å². The molecule has 0 radical (unpaired) electrons. The largest absolute Gasteiger partial charge is 0.493 e. The third-order valence-electron chi connectivity index (χ3n) is 6.43. The van der Waals surface area contributed by atoms with E-state index in [4.69, 9.17) is 9.47 Å². The Morgan fingerprint density at radius 1 is 0.946 bits per heavy atom. The Balaban J connectivity index is 1.37. The third kappa shape index (κ3) is 6.60. The Morgan fingerprint density at radius 3 is 2.59 bits per heavy atom. The van der Waals surface area contributed by atoms with Gasteiger partial charge in [-0.2, -0.15) is 0 Å². The van der Waals surface area contributed by atoms with Crippen molar-refractivity contribution in [2.75, 3.05) is 19.8 Å². The van der Waals surface area contributed by atoms with Gasteiger partial charge in [-0.25, -0.2) is 4.39 Å². The molecule has 3 aromatic carbocycles. The van der Waals surface area contributed by atoms with Crippen molar-refractivity contribution in [3.05, 3.63) is 120 Å². The Kier molecular flexibility index (Phi) is 7.87. The fourth-order valence-corrected chi connectivity index (χ4v) is 4.43. The van der Waals surface area contributed by atoms with Crippen LogP contribution < -0.4 is 4.74 Å². The van der Waals surface area contributed by atoms with Crippen LogP contribution in [0.15, 0.2) is 97.2 Å². The first-order valence-electron chi connectivity index (χ1n) is 12.5. The molecule has 1 saturated heterocycles. The summed E-state index contributed by atoms with van der Waals surface area (Å²) < 4.78 is 24.9. The molecule has 188 valence electrons. The minimum absolute atomic E-state index is 0.107. The van der Waals surface area contributed by atoms with Crippen LogP contribution in [0.4, 0.5) is 4.39 Å². The molecule has 0 N–H and O–H groups in total. The van der Waals surface area contributed by atoms with E-state index in [0.29, 0.717) is 31.2 Å². The highest BCUT2D eigenvalue weighted by Gasteiger charge is 2.19. The lowest BCUT2D eigenvalue weighted by Gasteiger charge is -2.23. The number of hydrogen-bond acceptors (Lipinski definition) is 4. The maximum Gasteiger partial charge on any atom is 0.254 e. The van der Waals surface area contributed by atoms with Gasteiger partial charge in [-0.1, -0.05) is 42.5 Å². The molecule has 2 heterocycles. The summed E-state index contributed by atoms with van der Waals surface area (Å²) in [6.45, 7) is 2.92. The Bertz CT molecular complexity index is 1320. The number of carbonyl (C=O) groups is 1. The van der Waals surface area contributed by atoms with Gasteiger partial charge in [0.25, 0.3) is 5.91 Å². The van der Waals surface area contributed by atoms with Crippen LogP contribution in [0, 0.1) is 11.7 Å². The summed E-state index contributed by atoms with van der Waals surface area (Å²) in [5, 5.41) is 0. The molecule has 5 rings (SSSR count). The Hall–Kier alpha value is -4.03. The maximum absolute atomic E-state index is 13.8. The number of ether oxygens (including phenoxy) is 2. The highest BCUT2D eigenvalue weighted by molar-refractivity contribution is 5.95. The molecular weight excluding hydrogens is 467 g/mol. The molecule has 1 atom stereocenters. The van der Waals surface area contributed by atoms with Crippen molar-refractivity contribution in [3.63, 3.8) is 0 Å². The summed E-state index contributed by atoms with van der Waals surface area (Å²) in [6.07, 6.45) is 2.75. The van der Waals surface area contributed by atoms with Gasteiger partial charge < -0.3 is 14.4 Å². The predicted octanol–water partition coefficient (Wildman–Crippen LogP) is 6.15. The molecule has 0 spiro atoms. The zero-order chi connectivity index (χ0) is 25.5. The molecule has 1 amide bonds. The lowest BCUT2D eigenvalue weighted by Crippen LogP contribution is -2.30. The number of hydrogen-bond donors (Lipinski definition) is 0. The van der Waals surface area contributed by atoms with Crippen LogP contribution in [0.1, 0.15) is 28.0 Å². The fourth-order valence-electron chi connectivity index (χ4n) is 4.43. The van der Waals surface area contributed by atoms with Crippen molar-refractivity contribution in [1.29, 1.82) is 0 Å². The molecule has 0 saturated carbocycles. The highest BCUT2D eigenvalue weighted by atomic mass is 19.1.